The molecule has 2 amide bonds. The molecule has 2 aliphatic heterocycles. The summed E-state index contributed by atoms with van der Waals surface area (Å²) in [4.78, 5) is 29.2. The molecule has 31 heavy (non-hydrogen) atoms. The van der Waals surface area contributed by atoms with Gasteiger partial charge in [-0.3, -0.25) is 14.5 Å². The number of carbonyl (C=O) groups is 2. The maximum atomic E-state index is 13.0. The second-order valence-corrected chi connectivity index (χ2v) is 8.24. The zero-order valence-electron chi connectivity index (χ0n) is 16.8. The molecule has 4 rings (SSSR count). The van der Waals surface area contributed by atoms with E-state index in [0.29, 0.717) is 60.8 Å². The molecule has 0 N–H and O–H groups in total. The van der Waals surface area contributed by atoms with Crippen LogP contribution in [0.1, 0.15) is 12.8 Å². The van der Waals surface area contributed by atoms with Crippen molar-refractivity contribution in [2.45, 2.75) is 12.8 Å². The first-order valence-corrected chi connectivity index (χ1v) is 10.8. The number of halogens is 2. The Morgan fingerprint density at radius 3 is 2.16 bits per heavy atom. The van der Waals surface area contributed by atoms with Crippen molar-refractivity contribution in [2.75, 3.05) is 37.9 Å². The Bertz CT molecular complexity index is 971. The highest BCUT2D eigenvalue weighted by Gasteiger charge is 2.30. The van der Waals surface area contributed by atoms with Crippen LogP contribution in [0.15, 0.2) is 53.6 Å². The molecule has 0 atom stereocenters. The van der Waals surface area contributed by atoms with Gasteiger partial charge in [0, 0.05) is 49.1 Å². The molecular weight excluding hydrogens is 439 g/mol. The molecule has 0 aliphatic carbocycles. The topological polar surface area (TPSA) is 65.5 Å². The fourth-order valence-corrected chi connectivity index (χ4v) is 3.70. The average Bonchev–Trinajstić information content (AvgIpc) is 2.80. The molecule has 0 aromatic heterocycles. The Morgan fingerprint density at radius 2 is 1.52 bits per heavy atom. The van der Waals surface area contributed by atoms with Gasteiger partial charge in [-0.25, -0.2) is 5.01 Å². The summed E-state index contributed by atoms with van der Waals surface area (Å²) in [5.74, 6) is 0.499. The second kappa shape index (κ2) is 9.68. The van der Waals surface area contributed by atoms with E-state index < -0.39 is 0 Å². The molecule has 0 spiro atoms. The van der Waals surface area contributed by atoms with Crippen molar-refractivity contribution < 1.29 is 14.3 Å². The molecule has 2 aliphatic rings. The minimum absolute atomic E-state index is 0.121. The fourth-order valence-electron chi connectivity index (χ4n) is 3.45. The van der Waals surface area contributed by atoms with Crippen LogP contribution in [-0.4, -0.2) is 60.2 Å². The Hall–Kier alpha value is -2.61. The van der Waals surface area contributed by atoms with Crippen molar-refractivity contribution in [3.8, 4) is 5.75 Å². The highest BCUT2D eigenvalue weighted by Crippen LogP contribution is 2.23. The molecule has 162 valence electrons. The van der Waals surface area contributed by atoms with E-state index in [1.807, 2.05) is 12.1 Å². The van der Waals surface area contributed by atoms with Crippen molar-refractivity contribution >= 4 is 46.4 Å². The van der Waals surface area contributed by atoms with Crippen LogP contribution >= 0.6 is 23.2 Å². The Kier molecular flexibility index (Phi) is 6.75. The van der Waals surface area contributed by atoms with E-state index in [2.05, 4.69) is 10.0 Å². The molecule has 9 heteroatoms. The van der Waals surface area contributed by atoms with Gasteiger partial charge in [0.05, 0.1) is 5.69 Å². The molecular formula is C22H22Cl2N4O3. The predicted octanol–water partition coefficient (Wildman–Crippen LogP) is 3.66. The Labute approximate surface area is 190 Å². The normalized spacial score (nSPS) is 17.5. The summed E-state index contributed by atoms with van der Waals surface area (Å²) in [5, 5.41) is 6.90. The number of carbonyl (C=O) groups excluding carboxylic acids is 2. The summed E-state index contributed by atoms with van der Waals surface area (Å²) in [6.45, 7) is 3.01. The summed E-state index contributed by atoms with van der Waals surface area (Å²) in [6, 6.07) is 14.1. The van der Waals surface area contributed by atoms with Crippen molar-refractivity contribution in [2.24, 2.45) is 5.10 Å². The number of hydrogen-bond acceptors (Lipinski definition) is 5. The highest BCUT2D eigenvalue weighted by molar-refractivity contribution is 6.40. The first-order chi connectivity index (χ1) is 15.0. The third-order valence-electron chi connectivity index (χ3n) is 5.24. The number of rotatable bonds is 5. The van der Waals surface area contributed by atoms with E-state index in [0.717, 1.165) is 5.75 Å². The van der Waals surface area contributed by atoms with Gasteiger partial charge in [0.1, 0.15) is 18.2 Å². The van der Waals surface area contributed by atoms with Gasteiger partial charge in [0.2, 0.25) is 5.91 Å². The number of hydrazone groups is 1. The molecule has 0 radical (unpaired) electrons. The Morgan fingerprint density at radius 1 is 0.903 bits per heavy atom. The quantitative estimate of drug-likeness (QED) is 0.682. The lowest BCUT2D eigenvalue weighted by Gasteiger charge is -2.35. The van der Waals surface area contributed by atoms with Gasteiger partial charge < -0.3 is 9.64 Å². The van der Waals surface area contributed by atoms with Crippen LogP contribution in [0.2, 0.25) is 10.0 Å². The molecule has 2 aromatic rings. The van der Waals surface area contributed by atoms with Crippen molar-refractivity contribution in [1.82, 2.24) is 9.80 Å². The van der Waals surface area contributed by atoms with Crippen LogP contribution in [0, 0.1) is 0 Å². The minimum Gasteiger partial charge on any atom is -0.478 e. The minimum atomic E-state index is -0.136. The third kappa shape index (κ3) is 5.36. The number of nitrogens with zero attached hydrogens (tertiary/aromatic N) is 4. The lowest BCUT2D eigenvalue weighted by molar-refractivity contribution is -0.126. The zero-order valence-corrected chi connectivity index (χ0v) is 18.3. The van der Waals surface area contributed by atoms with Gasteiger partial charge in [-0.05, 0) is 48.5 Å². The molecule has 1 fully saturated rings. The second-order valence-electron chi connectivity index (χ2n) is 7.37. The van der Waals surface area contributed by atoms with Crippen LogP contribution in [0.3, 0.4) is 0 Å². The number of anilines is 1. The van der Waals surface area contributed by atoms with Gasteiger partial charge in [-0.15, -0.1) is 0 Å². The first-order valence-electron chi connectivity index (χ1n) is 10.1. The monoisotopic (exact) mass is 460 g/mol. The molecule has 2 aromatic carbocycles. The molecule has 0 unspecified atom stereocenters. The summed E-state index contributed by atoms with van der Waals surface area (Å²) >= 11 is 11.8. The molecule has 7 nitrogen and oxygen atoms in total. The number of amides is 2. The van der Waals surface area contributed by atoms with E-state index in [-0.39, 0.29) is 18.2 Å². The summed E-state index contributed by atoms with van der Waals surface area (Å²) in [7, 11) is 0. The van der Waals surface area contributed by atoms with Crippen molar-refractivity contribution in [3.63, 3.8) is 0 Å². The molecule has 2 heterocycles. The van der Waals surface area contributed by atoms with Gasteiger partial charge in [0.15, 0.2) is 0 Å². The van der Waals surface area contributed by atoms with E-state index in [4.69, 9.17) is 27.9 Å². The van der Waals surface area contributed by atoms with Gasteiger partial charge >= 0.3 is 0 Å². The third-order valence-corrected chi connectivity index (χ3v) is 5.74. The van der Waals surface area contributed by atoms with E-state index >= 15 is 0 Å². The van der Waals surface area contributed by atoms with E-state index in [9.17, 15) is 9.59 Å². The van der Waals surface area contributed by atoms with Gasteiger partial charge in [0.25, 0.3) is 5.91 Å². The predicted molar refractivity (Wildman–Crippen MR) is 121 cm³/mol. The van der Waals surface area contributed by atoms with Crippen LogP contribution < -0.4 is 9.75 Å². The average molecular weight is 461 g/mol. The molecule has 0 saturated carbocycles. The fraction of sp³-hybridized carbons (Fsp3) is 0.318. The Balaban J connectivity index is 1.33. The van der Waals surface area contributed by atoms with Crippen LogP contribution in [-0.2, 0) is 9.59 Å². The zero-order chi connectivity index (χ0) is 21.8. The van der Waals surface area contributed by atoms with Crippen LogP contribution in [0.4, 0.5) is 5.69 Å². The maximum Gasteiger partial charge on any atom is 0.270 e. The molecule has 1 saturated heterocycles. The summed E-state index contributed by atoms with van der Waals surface area (Å²) < 4.78 is 5.78. The SMILES string of the molecule is O=C(C1=NN(c2ccc(Cl)cc2)C(=O)CC1)N1CCN(COc2ccc(Cl)cc2)CC1. The standard InChI is InChI=1S/C22H22Cl2N4O3/c23-16-1-5-18(6-2-16)28-21(29)10-9-20(25-28)22(30)27-13-11-26(12-14-27)15-31-19-7-3-17(24)4-8-19/h1-8H,9-15H2. The van der Waals surface area contributed by atoms with Crippen molar-refractivity contribution in [1.29, 1.82) is 0 Å². The first kappa shape index (κ1) is 21.6. The van der Waals surface area contributed by atoms with Gasteiger partial charge in [-0.2, -0.15) is 5.10 Å². The lowest BCUT2D eigenvalue weighted by atomic mass is 10.1. The van der Waals surface area contributed by atoms with E-state index in [1.165, 1.54) is 5.01 Å². The van der Waals surface area contributed by atoms with Gasteiger partial charge in [-0.1, -0.05) is 23.2 Å². The number of hydrogen-bond donors (Lipinski definition) is 0. The van der Waals surface area contributed by atoms with Crippen LogP contribution in [0.5, 0.6) is 5.75 Å². The van der Waals surface area contributed by atoms with E-state index in [1.54, 1.807) is 41.3 Å². The summed E-state index contributed by atoms with van der Waals surface area (Å²) in [5.41, 5.74) is 1.00. The highest BCUT2D eigenvalue weighted by atomic mass is 35.5. The molecule has 0 bridgehead atoms. The number of ether oxygens (including phenoxy) is 1. The van der Waals surface area contributed by atoms with Crippen LogP contribution in [0.25, 0.3) is 0 Å². The maximum absolute atomic E-state index is 13.0. The van der Waals surface area contributed by atoms with Crippen molar-refractivity contribution in [3.05, 3.63) is 58.6 Å². The number of benzene rings is 2. The summed E-state index contributed by atoms with van der Waals surface area (Å²) in [6.07, 6.45) is 0.601. The number of piperazine rings is 1. The lowest BCUT2D eigenvalue weighted by Crippen LogP contribution is -2.52. The smallest absolute Gasteiger partial charge is 0.270 e. The largest absolute Gasteiger partial charge is 0.478 e.